The predicted molar refractivity (Wildman–Crippen MR) is 67.5 cm³/mol. The van der Waals surface area contributed by atoms with E-state index in [1.165, 1.54) is 0 Å². The lowest BCUT2D eigenvalue weighted by molar-refractivity contribution is 0.0738. The second-order valence-electron chi connectivity index (χ2n) is 5.00. The molecule has 4 rings (SSSR count). The first-order valence-corrected chi connectivity index (χ1v) is 6.34. The van der Waals surface area contributed by atoms with Crippen LogP contribution in [0.5, 0.6) is 0 Å². The van der Waals surface area contributed by atoms with Crippen LogP contribution in [0, 0.1) is 0 Å². The highest BCUT2D eigenvalue weighted by atomic mass is 16.6. The van der Waals surface area contributed by atoms with Gasteiger partial charge in [0.05, 0.1) is 6.10 Å². The van der Waals surface area contributed by atoms with Crippen molar-refractivity contribution in [3.63, 3.8) is 0 Å². The summed E-state index contributed by atoms with van der Waals surface area (Å²) >= 11 is 0. The SMILES string of the molecule is O=C(c1cccc2[nH]ccc12)N1CC[C@@H]2O[C@H]2C1. The topological polar surface area (TPSA) is 48.6 Å². The lowest BCUT2D eigenvalue weighted by atomic mass is 10.1. The molecule has 1 amide bonds. The number of hydrogen-bond donors (Lipinski definition) is 1. The molecule has 2 saturated heterocycles. The van der Waals surface area contributed by atoms with Crippen LogP contribution >= 0.6 is 0 Å². The average Bonchev–Trinajstić information content (AvgIpc) is 3.02. The highest BCUT2D eigenvalue weighted by molar-refractivity contribution is 6.06. The van der Waals surface area contributed by atoms with Gasteiger partial charge in [0.15, 0.2) is 0 Å². The molecule has 4 nitrogen and oxygen atoms in total. The maximum Gasteiger partial charge on any atom is 0.254 e. The van der Waals surface area contributed by atoms with Gasteiger partial charge in [-0.05, 0) is 24.6 Å². The minimum absolute atomic E-state index is 0.120. The summed E-state index contributed by atoms with van der Waals surface area (Å²) in [5, 5.41) is 1.00. The predicted octanol–water partition coefficient (Wildman–Crippen LogP) is 1.78. The number of aromatic amines is 1. The van der Waals surface area contributed by atoms with E-state index >= 15 is 0 Å². The van der Waals surface area contributed by atoms with Gasteiger partial charge in [-0.1, -0.05) is 6.07 Å². The minimum atomic E-state index is 0.120. The van der Waals surface area contributed by atoms with Crippen LogP contribution in [0.2, 0.25) is 0 Å². The number of H-pyrrole nitrogens is 1. The standard InChI is InChI=1S/C14H14N2O2/c17-14(16-7-5-12-13(8-16)18-12)10-2-1-3-11-9(10)4-6-15-11/h1-4,6,12-13,15H,5,7-8H2/t12-,13-/m0/s1. The van der Waals surface area contributed by atoms with Crippen molar-refractivity contribution in [1.29, 1.82) is 0 Å². The lowest BCUT2D eigenvalue weighted by Gasteiger charge is -2.24. The zero-order chi connectivity index (χ0) is 12.1. The van der Waals surface area contributed by atoms with Gasteiger partial charge in [-0.15, -0.1) is 0 Å². The molecule has 0 unspecified atom stereocenters. The van der Waals surface area contributed by atoms with E-state index in [1.54, 1.807) is 0 Å². The fraction of sp³-hybridized carbons (Fsp3) is 0.357. The van der Waals surface area contributed by atoms with Crippen LogP contribution < -0.4 is 0 Å². The van der Waals surface area contributed by atoms with Crippen LogP contribution in [0.25, 0.3) is 10.9 Å². The Morgan fingerprint density at radius 2 is 2.28 bits per heavy atom. The Balaban J connectivity index is 1.69. The Morgan fingerprint density at radius 3 is 3.17 bits per heavy atom. The van der Waals surface area contributed by atoms with E-state index in [1.807, 2.05) is 35.4 Å². The molecule has 0 bridgehead atoms. The Kier molecular flexibility index (Phi) is 2.02. The number of carbonyl (C=O) groups is 1. The fourth-order valence-corrected chi connectivity index (χ4v) is 2.81. The average molecular weight is 242 g/mol. The third kappa shape index (κ3) is 1.46. The molecule has 2 aromatic rings. The van der Waals surface area contributed by atoms with Gasteiger partial charge in [0, 0.05) is 35.8 Å². The number of aromatic nitrogens is 1. The number of fused-ring (bicyclic) bond motifs is 2. The van der Waals surface area contributed by atoms with Gasteiger partial charge < -0.3 is 14.6 Å². The molecule has 1 aromatic heterocycles. The second-order valence-corrected chi connectivity index (χ2v) is 5.00. The highest BCUT2D eigenvalue weighted by Crippen LogP contribution is 2.31. The number of nitrogens with zero attached hydrogens (tertiary/aromatic N) is 1. The van der Waals surface area contributed by atoms with E-state index in [9.17, 15) is 4.79 Å². The molecule has 0 spiro atoms. The number of rotatable bonds is 1. The molecule has 0 saturated carbocycles. The van der Waals surface area contributed by atoms with Gasteiger partial charge in [-0.3, -0.25) is 4.79 Å². The summed E-state index contributed by atoms with van der Waals surface area (Å²) in [6.07, 6.45) is 3.54. The molecule has 1 aromatic carbocycles. The zero-order valence-corrected chi connectivity index (χ0v) is 9.93. The number of ether oxygens (including phenoxy) is 1. The molecule has 3 heterocycles. The van der Waals surface area contributed by atoms with E-state index in [4.69, 9.17) is 4.74 Å². The number of hydrogen-bond acceptors (Lipinski definition) is 2. The van der Waals surface area contributed by atoms with Crippen LogP contribution in [-0.2, 0) is 4.74 Å². The lowest BCUT2D eigenvalue weighted by Crippen LogP contribution is -2.39. The molecule has 1 N–H and O–H groups in total. The highest BCUT2D eigenvalue weighted by Gasteiger charge is 2.44. The van der Waals surface area contributed by atoms with Gasteiger partial charge in [-0.2, -0.15) is 0 Å². The smallest absolute Gasteiger partial charge is 0.254 e. The summed E-state index contributed by atoms with van der Waals surface area (Å²) in [6.45, 7) is 1.55. The first-order valence-electron chi connectivity index (χ1n) is 6.34. The van der Waals surface area contributed by atoms with Crippen molar-refractivity contribution in [3.8, 4) is 0 Å². The van der Waals surface area contributed by atoms with E-state index in [-0.39, 0.29) is 12.0 Å². The van der Waals surface area contributed by atoms with Crippen LogP contribution in [-0.4, -0.2) is 41.1 Å². The third-order valence-corrected chi connectivity index (χ3v) is 3.88. The number of amides is 1. The van der Waals surface area contributed by atoms with E-state index < -0.39 is 0 Å². The van der Waals surface area contributed by atoms with E-state index in [2.05, 4.69) is 4.98 Å². The number of piperidine rings is 1. The molecule has 18 heavy (non-hydrogen) atoms. The van der Waals surface area contributed by atoms with Gasteiger partial charge >= 0.3 is 0 Å². The summed E-state index contributed by atoms with van der Waals surface area (Å²) < 4.78 is 5.47. The second kappa shape index (κ2) is 3.59. The fourth-order valence-electron chi connectivity index (χ4n) is 2.81. The van der Waals surface area contributed by atoms with Crippen molar-refractivity contribution < 1.29 is 9.53 Å². The maximum absolute atomic E-state index is 12.5. The largest absolute Gasteiger partial charge is 0.368 e. The Bertz CT molecular complexity index is 619. The number of carbonyl (C=O) groups excluding carboxylic acids is 1. The number of epoxide rings is 1. The summed E-state index contributed by atoms with van der Waals surface area (Å²) in [4.78, 5) is 17.6. The molecule has 2 fully saturated rings. The monoisotopic (exact) mass is 242 g/mol. The van der Waals surface area contributed by atoms with E-state index in [0.717, 1.165) is 36.0 Å². The van der Waals surface area contributed by atoms with Crippen LogP contribution in [0.15, 0.2) is 30.5 Å². The number of nitrogens with one attached hydrogen (secondary N) is 1. The van der Waals surface area contributed by atoms with E-state index in [0.29, 0.717) is 6.10 Å². The van der Waals surface area contributed by atoms with Crippen molar-refractivity contribution in [2.75, 3.05) is 13.1 Å². The molecule has 4 heteroatoms. The first kappa shape index (κ1) is 10.1. The number of likely N-dealkylation sites (tertiary alicyclic amines) is 1. The summed E-state index contributed by atoms with van der Waals surface area (Å²) in [6, 6.07) is 7.77. The molecule has 2 aliphatic rings. The van der Waals surface area contributed by atoms with Crippen molar-refractivity contribution >= 4 is 16.8 Å². The summed E-state index contributed by atoms with van der Waals surface area (Å²) in [7, 11) is 0. The van der Waals surface area contributed by atoms with Crippen molar-refractivity contribution in [3.05, 3.63) is 36.0 Å². The maximum atomic E-state index is 12.5. The quantitative estimate of drug-likeness (QED) is 0.775. The number of benzene rings is 1. The molecule has 2 atom stereocenters. The summed E-state index contributed by atoms with van der Waals surface area (Å²) in [5.74, 6) is 0.120. The van der Waals surface area contributed by atoms with Crippen LogP contribution in [0.1, 0.15) is 16.8 Å². The molecular weight excluding hydrogens is 228 g/mol. The van der Waals surface area contributed by atoms with Gasteiger partial charge in [0.2, 0.25) is 0 Å². The minimum Gasteiger partial charge on any atom is -0.368 e. The first-order chi connectivity index (χ1) is 8.83. The Hall–Kier alpha value is -1.81. The molecular formula is C14H14N2O2. The molecule has 0 radical (unpaired) electrons. The third-order valence-electron chi connectivity index (χ3n) is 3.88. The van der Waals surface area contributed by atoms with Crippen LogP contribution in [0.3, 0.4) is 0 Å². The van der Waals surface area contributed by atoms with Crippen molar-refractivity contribution in [2.45, 2.75) is 18.6 Å². The Labute approximate surface area is 105 Å². The summed E-state index contributed by atoms with van der Waals surface area (Å²) in [5.41, 5.74) is 1.80. The molecule has 92 valence electrons. The van der Waals surface area contributed by atoms with Gasteiger partial charge in [-0.25, -0.2) is 0 Å². The van der Waals surface area contributed by atoms with Crippen LogP contribution in [0.4, 0.5) is 0 Å². The molecule has 2 aliphatic heterocycles. The normalized spacial score (nSPS) is 26.1. The Morgan fingerprint density at radius 1 is 1.33 bits per heavy atom. The van der Waals surface area contributed by atoms with Gasteiger partial charge in [0.25, 0.3) is 5.91 Å². The van der Waals surface area contributed by atoms with Gasteiger partial charge in [0.1, 0.15) is 6.10 Å². The molecule has 0 aliphatic carbocycles. The van der Waals surface area contributed by atoms with Crippen molar-refractivity contribution in [1.82, 2.24) is 9.88 Å². The van der Waals surface area contributed by atoms with Crippen molar-refractivity contribution in [2.24, 2.45) is 0 Å². The zero-order valence-electron chi connectivity index (χ0n) is 9.93.